The Morgan fingerprint density at radius 3 is 3.00 bits per heavy atom. The fraction of sp³-hybridized carbons (Fsp3) is 0.615. The summed E-state index contributed by atoms with van der Waals surface area (Å²) in [6.45, 7) is 6.52. The minimum Gasteiger partial charge on any atom is -0.370 e. The van der Waals surface area contributed by atoms with Crippen molar-refractivity contribution in [3.63, 3.8) is 0 Å². The summed E-state index contributed by atoms with van der Waals surface area (Å²) in [5.74, 6) is 0.516. The molecule has 0 spiro atoms. The predicted molar refractivity (Wildman–Crippen MR) is 67.7 cm³/mol. The fourth-order valence-electron chi connectivity index (χ4n) is 2.36. The lowest BCUT2D eigenvalue weighted by molar-refractivity contribution is 0.504. The normalized spacial score (nSPS) is 21.5. The van der Waals surface area contributed by atoms with Gasteiger partial charge >= 0.3 is 0 Å². The SMILES string of the molecule is CC(C)c1cnccc1N1CCC[C@H](N)C1. The van der Waals surface area contributed by atoms with Crippen LogP contribution in [0.1, 0.15) is 38.2 Å². The summed E-state index contributed by atoms with van der Waals surface area (Å²) in [5.41, 5.74) is 8.68. The summed E-state index contributed by atoms with van der Waals surface area (Å²) in [5, 5.41) is 0. The number of rotatable bonds is 2. The van der Waals surface area contributed by atoms with E-state index in [0.717, 1.165) is 19.5 Å². The molecule has 1 atom stereocenters. The highest BCUT2D eigenvalue weighted by Gasteiger charge is 2.19. The highest BCUT2D eigenvalue weighted by molar-refractivity contribution is 5.54. The van der Waals surface area contributed by atoms with Crippen LogP contribution in [0, 0.1) is 0 Å². The third kappa shape index (κ3) is 2.35. The van der Waals surface area contributed by atoms with Crippen molar-refractivity contribution in [1.29, 1.82) is 0 Å². The van der Waals surface area contributed by atoms with Crippen molar-refractivity contribution in [2.75, 3.05) is 18.0 Å². The first kappa shape index (κ1) is 11.4. The van der Waals surface area contributed by atoms with Crippen LogP contribution in [0.3, 0.4) is 0 Å². The van der Waals surface area contributed by atoms with Crippen LogP contribution in [-0.2, 0) is 0 Å². The highest BCUT2D eigenvalue weighted by atomic mass is 15.2. The fourth-order valence-corrected chi connectivity index (χ4v) is 2.36. The van der Waals surface area contributed by atoms with E-state index in [1.807, 2.05) is 12.4 Å². The van der Waals surface area contributed by atoms with E-state index < -0.39 is 0 Å². The molecule has 2 heterocycles. The summed E-state index contributed by atoms with van der Waals surface area (Å²) in [6.07, 6.45) is 6.21. The van der Waals surface area contributed by atoms with E-state index in [9.17, 15) is 0 Å². The van der Waals surface area contributed by atoms with E-state index in [1.165, 1.54) is 17.7 Å². The molecule has 0 radical (unpaired) electrons. The average molecular weight is 219 g/mol. The third-order valence-electron chi connectivity index (χ3n) is 3.25. The minimum absolute atomic E-state index is 0.321. The highest BCUT2D eigenvalue weighted by Crippen LogP contribution is 2.28. The Kier molecular flexibility index (Phi) is 3.44. The first-order valence-electron chi connectivity index (χ1n) is 6.13. The lowest BCUT2D eigenvalue weighted by atomic mass is 10.00. The molecule has 88 valence electrons. The van der Waals surface area contributed by atoms with Gasteiger partial charge in [0.25, 0.3) is 0 Å². The molecule has 0 saturated carbocycles. The smallest absolute Gasteiger partial charge is 0.0432 e. The van der Waals surface area contributed by atoms with E-state index in [2.05, 4.69) is 29.8 Å². The first-order valence-corrected chi connectivity index (χ1v) is 6.13. The number of anilines is 1. The number of hydrogen-bond donors (Lipinski definition) is 1. The maximum absolute atomic E-state index is 6.03. The number of nitrogens with two attached hydrogens (primary N) is 1. The van der Waals surface area contributed by atoms with Crippen molar-refractivity contribution in [2.45, 2.75) is 38.6 Å². The number of piperidine rings is 1. The molecule has 1 fully saturated rings. The molecule has 3 nitrogen and oxygen atoms in total. The van der Waals surface area contributed by atoms with E-state index in [4.69, 9.17) is 5.73 Å². The zero-order valence-corrected chi connectivity index (χ0v) is 10.2. The largest absolute Gasteiger partial charge is 0.370 e. The monoisotopic (exact) mass is 219 g/mol. The summed E-state index contributed by atoms with van der Waals surface area (Å²) in [4.78, 5) is 6.63. The number of pyridine rings is 1. The van der Waals surface area contributed by atoms with Gasteiger partial charge in [-0.3, -0.25) is 4.98 Å². The first-order chi connectivity index (χ1) is 7.68. The number of nitrogens with zero attached hydrogens (tertiary/aromatic N) is 2. The summed E-state index contributed by atoms with van der Waals surface area (Å²) < 4.78 is 0. The average Bonchev–Trinajstić information content (AvgIpc) is 2.29. The van der Waals surface area contributed by atoms with Gasteiger partial charge in [-0.2, -0.15) is 0 Å². The zero-order valence-electron chi connectivity index (χ0n) is 10.2. The summed E-state index contributed by atoms with van der Waals surface area (Å²) in [6, 6.07) is 2.44. The molecule has 0 amide bonds. The standard InChI is InChI=1S/C13H21N3/c1-10(2)12-8-15-6-5-13(12)16-7-3-4-11(14)9-16/h5-6,8,10-11H,3-4,7,9,14H2,1-2H3/t11-/m0/s1. The number of aromatic nitrogens is 1. The van der Waals surface area contributed by atoms with Gasteiger partial charge in [-0.1, -0.05) is 13.8 Å². The van der Waals surface area contributed by atoms with Crippen LogP contribution in [-0.4, -0.2) is 24.1 Å². The van der Waals surface area contributed by atoms with Crippen molar-refractivity contribution in [3.8, 4) is 0 Å². The maximum Gasteiger partial charge on any atom is 0.0432 e. The topological polar surface area (TPSA) is 42.2 Å². The van der Waals surface area contributed by atoms with Crippen molar-refractivity contribution >= 4 is 5.69 Å². The Balaban J connectivity index is 2.25. The molecule has 0 aliphatic carbocycles. The van der Waals surface area contributed by atoms with E-state index in [-0.39, 0.29) is 0 Å². The predicted octanol–water partition coefficient (Wildman–Crippen LogP) is 2.13. The van der Waals surface area contributed by atoms with Gasteiger partial charge < -0.3 is 10.6 Å². The Labute approximate surface area is 97.7 Å². The molecule has 0 aromatic carbocycles. The second-order valence-electron chi connectivity index (χ2n) is 4.94. The molecule has 1 aliphatic rings. The van der Waals surface area contributed by atoms with Crippen molar-refractivity contribution in [3.05, 3.63) is 24.0 Å². The molecule has 2 N–H and O–H groups in total. The molecule has 0 unspecified atom stereocenters. The van der Waals surface area contributed by atoms with Gasteiger partial charge in [0.1, 0.15) is 0 Å². The van der Waals surface area contributed by atoms with Crippen LogP contribution in [0.2, 0.25) is 0 Å². The molecular formula is C13H21N3. The number of hydrogen-bond acceptors (Lipinski definition) is 3. The lowest BCUT2D eigenvalue weighted by Gasteiger charge is -2.34. The van der Waals surface area contributed by atoms with Crippen molar-refractivity contribution < 1.29 is 0 Å². The molecule has 2 rings (SSSR count). The quantitative estimate of drug-likeness (QED) is 0.828. The maximum atomic E-state index is 6.03. The van der Waals surface area contributed by atoms with E-state index >= 15 is 0 Å². The van der Waals surface area contributed by atoms with Gasteiger partial charge in [0.05, 0.1) is 0 Å². The lowest BCUT2D eigenvalue weighted by Crippen LogP contribution is -2.43. The van der Waals surface area contributed by atoms with Crippen LogP contribution in [0.5, 0.6) is 0 Å². The molecular weight excluding hydrogens is 198 g/mol. The van der Waals surface area contributed by atoms with E-state index in [0.29, 0.717) is 12.0 Å². The van der Waals surface area contributed by atoms with Crippen LogP contribution < -0.4 is 10.6 Å². The summed E-state index contributed by atoms with van der Waals surface area (Å²) in [7, 11) is 0. The minimum atomic E-state index is 0.321. The van der Waals surface area contributed by atoms with Gasteiger partial charge in [-0.15, -0.1) is 0 Å². The van der Waals surface area contributed by atoms with Gasteiger partial charge in [0.15, 0.2) is 0 Å². The van der Waals surface area contributed by atoms with Crippen LogP contribution in [0.15, 0.2) is 18.5 Å². The molecule has 1 aliphatic heterocycles. The van der Waals surface area contributed by atoms with Gasteiger partial charge in [0.2, 0.25) is 0 Å². The van der Waals surface area contributed by atoms with Crippen LogP contribution >= 0.6 is 0 Å². The van der Waals surface area contributed by atoms with Gasteiger partial charge in [-0.25, -0.2) is 0 Å². The molecule has 3 heteroatoms. The molecule has 16 heavy (non-hydrogen) atoms. The van der Waals surface area contributed by atoms with Gasteiger partial charge in [0, 0.05) is 37.2 Å². The Morgan fingerprint density at radius 1 is 1.50 bits per heavy atom. The van der Waals surface area contributed by atoms with Gasteiger partial charge in [-0.05, 0) is 30.4 Å². The zero-order chi connectivity index (χ0) is 11.5. The van der Waals surface area contributed by atoms with Crippen molar-refractivity contribution in [1.82, 2.24) is 4.98 Å². The summed E-state index contributed by atoms with van der Waals surface area (Å²) >= 11 is 0. The van der Waals surface area contributed by atoms with Crippen LogP contribution in [0.25, 0.3) is 0 Å². The third-order valence-corrected chi connectivity index (χ3v) is 3.25. The molecule has 1 aromatic heterocycles. The van der Waals surface area contributed by atoms with Crippen LogP contribution in [0.4, 0.5) is 5.69 Å². The molecule has 1 saturated heterocycles. The molecule has 0 bridgehead atoms. The second-order valence-corrected chi connectivity index (χ2v) is 4.94. The Morgan fingerprint density at radius 2 is 2.31 bits per heavy atom. The second kappa shape index (κ2) is 4.83. The van der Waals surface area contributed by atoms with E-state index in [1.54, 1.807) is 0 Å². The Hall–Kier alpha value is -1.09. The van der Waals surface area contributed by atoms with Crippen molar-refractivity contribution in [2.24, 2.45) is 5.73 Å². The Bertz CT molecular complexity index is 349. The molecule has 1 aromatic rings.